The van der Waals surface area contributed by atoms with E-state index in [1.807, 2.05) is 18.2 Å². The van der Waals surface area contributed by atoms with Crippen LogP contribution < -0.4 is 10.7 Å². The van der Waals surface area contributed by atoms with Crippen LogP contribution in [0.5, 0.6) is 0 Å². The van der Waals surface area contributed by atoms with E-state index in [0.717, 1.165) is 0 Å². The van der Waals surface area contributed by atoms with E-state index < -0.39 is 16.7 Å². The van der Waals surface area contributed by atoms with Crippen molar-refractivity contribution >= 4 is 33.4 Å². The van der Waals surface area contributed by atoms with Gasteiger partial charge >= 0.3 is 0 Å². The molecule has 1 atom stereocenters. The summed E-state index contributed by atoms with van der Waals surface area (Å²) < 4.78 is 17.5. The van der Waals surface area contributed by atoms with Crippen LogP contribution in [0.15, 0.2) is 63.8 Å². The molecular weight excluding hydrogens is 338 g/mol. The first kappa shape index (κ1) is 17.1. The van der Waals surface area contributed by atoms with E-state index in [9.17, 15) is 13.8 Å². The molecule has 0 saturated carbocycles. The smallest absolute Gasteiger partial charge is 0.237 e. The van der Waals surface area contributed by atoms with Crippen molar-refractivity contribution in [1.82, 2.24) is 0 Å². The van der Waals surface area contributed by atoms with Gasteiger partial charge in [-0.25, -0.2) is 0 Å². The molecule has 3 aromatic rings. The van der Waals surface area contributed by atoms with E-state index in [2.05, 4.69) is 5.32 Å². The third-order valence-corrected chi connectivity index (χ3v) is 4.94. The molecule has 0 aliphatic rings. The third-order valence-electron chi connectivity index (χ3n) is 3.71. The van der Waals surface area contributed by atoms with Crippen LogP contribution in [0.25, 0.3) is 22.3 Å². The fourth-order valence-electron chi connectivity index (χ4n) is 2.47. The molecule has 0 aliphatic carbocycles. The molecule has 128 valence electrons. The van der Waals surface area contributed by atoms with Crippen molar-refractivity contribution in [3.63, 3.8) is 0 Å². The average Bonchev–Trinajstić information content (AvgIpc) is 2.64. The Bertz CT molecular complexity index is 995. The summed E-state index contributed by atoms with van der Waals surface area (Å²) in [6.45, 7) is 1.74. The van der Waals surface area contributed by atoms with Crippen LogP contribution in [-0.4, -0.2) is 21.6 Å². The standard InChI is InChI=1S/C19H17NO4S/c1-2-25(23)12-16(21)20-17-18(22)14-10-6-7-11-15(14)24-19(17)13-8-4-3-5-9-13/h3-11H,2,12H2,1H3,(H,20,21)/t25-/m0/s1. The minimum atomic E-state index is -1.26. The van der Waals surface area contributed by atoms with Gasteiger partial charge in [-0.05, 0) is 12.1 Å². The van der Waals surface area contributed by atoms with Gasteiger partial charge in [0.2, 0.25) is 11.3 Å². The first-order valence-corrected chi connectivity index (χ1v) is 9.35. The maximum absolute atomic E-state index is 12.9. The van der Waals surface area contributed by atoms with Crippen LogP contribution in [-0.2, 0) is 15.6 Å². The van der Waals surface area contributed by atoms with Crippen molar-refractivity contribution in [3.05, 3.63) is 64.8 Å². The van der Waals surface area contributed by atoms with Gasteiger partial charge < -0.3 is 9.73 Å². The van der Waals surface area contributed by atoms with Crippen LogP contribution in [0, 0.1) is 0 Å². The van der Waals surface area contributed by atoms with Gasteiger partial charge in [0.1, 0.15) is 17.0 Å². The molecule has 2 aromatic carbocycles. The molecule has 0 bridgehead atoms. The molecule has 1 amide bonds. The van der Waals surface area contributed by atoms with Crippen molar-refractivity contribution in [2.45, 2.75) is 6.92 Å². The lowest BCUT2D eigenvalue weighted by Gasteiger charge is -2.11. The SMILES string of the molecule is CC[S@](=O)CC(=O)Nc1c(-c2ccccc2)oc2ccccc2c1=O. The Kier molecular flexibility index (Phi) is 5.09. The minimum Gasteiger partial charge on any atom is -0.454 e. The highest BCUT2D eigenvalue weighted by atomic mass is 32.2. The molecule has 1 aromatic heterocycles. The molecule has 1 heterocycles. The Labute approximate surface area is 147 Å². The number of amides is 1. The number of anilines is 1. The lowest BCUT2D eigenvalue weighted by molar-refractivity contribution is -0.113. The quantitative estimate of drug-likeness (QED) is 0.763. The van der Waals surface area contributed by atoms with E-state index in [-0.39, 0.29) is 16.9 Å². The molecule has 0 radical (unpaired) electrons. The predicted molar refractivity (Wildman–Crippen MR) is 100 cm³/mol. The van der Waals surface area contributed by atoms with E-state index >= 15 is 0 Å². The topological polar surface area (TPSA) is 76.4 Å². The number of carbonyl (C=O) groups is 1. The first-order chi connectivity index (χ1) is 12.1. The number of hydrogen-bond donors (Lipinski definition) is 1. The molecule has 1 N–H and O–H groups in total. The second kappa shape index (κ2) is 7.44. The molecule has 6 heteroatoms. The summed E-state index contributed by atoms with van der Waals surface area (Å²) in [5.41, 5.74) is 0.873. The van der Waals surface area contributed by atoms with Crippen LogP contribution in [0.4, 0.5) is 5.69 Å². The van der Waals surface area contributed by atoms with Gasteiger partial charge in [-0.15, -0.1) is 0 Å². The third kappa shape index (κ3) is 3.69. The fraction of sp³-hybridized carbons (Fsp3) is 0.158. The van der Waals surface area contributed by atoms with E-state index in [1.165, 1.54) is 0 Å². The Hall–Kier alpha value is -2.73. The van der Waals surface area contributed by atoms with E-state index in [4.69, 9.17) is 4.42 Å². The number of para-hydroxylation sites is 1. The summed E-state index contributed by atoms with van der Waals surface area (Å²) in [6, 6.07) is 16.0. The van der Waals surface area contributed by atoms with Crippen LogP contribution in [0.2, 0.25) is 0 Å². The van der Waals surface area contributed by atoms with Gasteiger partial charge in [-0.1, -0.05) is 49.4 Å². The molecule has 0 aliphatic heterocycles. The number of benzene rings is 2. The summed E-state index contributed by atoms with van der Waals surface area (Å²) in [5, 5.41) is 2.98. The van der Waals surface area contributed by atoms with Crippen LogP contribution >= 0.6 is 0 Å². The lowest BCUT2D eigenvalue weighted by atomic mass is 10.1. The largest absolute Gasteiger partial charge is 0.454 e. The zero-order valence-electron chi connectivity index (χ0n) is 13.7. The molecule has 0 unspecified atom stereocenters. The molecular formula is C19H17NO4S. The van der Waals surface area contributed by atoms with Crippen LogP contribution in [0.3, 0.4) is 0 Å². The van der Waals surface area contributed by atoms with Gasteiger partial charge in [0.25, 0.3) is 0 Å². The zero-order valence-corrected chi connectivity index (χ0v) is 14.5. The molecule has 0 saturated heterocycles. The average molecular weight is 355 g/mol. The molecule has 3 rings (SSSR count). The van der Waals surface area contributed by atoms with Crippen LogP contribution in [0.1, 0.15) is 6.92 Å². The van der Waals surface area contributed by atoms with Gasteiger partial charge in [-0.3, -0.25) is 13.8 Å². The van der Waals surface area contributed by atoms with Crippen molar-refractivity contribution in [3.8, 4) is 11.3 Å². The maximum Gasteiger partial charge on any atom is 0.237 e. The summed E-state index contributed by atoms with van der Waals surface area (Å²) >= 11 is 0. The highest BCUT2D eigenvalue weighted by Crippen LogP contribution is 2.29. The Morgan fingerprint density at radius 1 is 1.08 bits per heavy atom. The first-order valence-electron chi connectivity index (χ1n) is 7.86. The fourth-order valence-corrected chi connectivity index (χ4v) is 3.04. The number of carbonyl (C=O) groups excluding carboxylic acids is 1. The Morgan fingerprint density at radius 3 is 2.48 bits per heavy atom. The summed E-state index contributed by atoms with van der Waals surface area (Å²) in [6.07, 6.45) is 0. The van der Waals surface area contributed by atoms with Crippen molar-refractivity contribution in [1.29, 1.82) is 0 Å². The molecule has 25 heavy (non-hydrogen) atoms. The monoisotopic (exact) mass is 355 g/mol. The predicted octanol–water partition coefficient (Wildman–Crippen LogP) is 3.17. The number of nitrogens with one attached hydrogen (secondary N) is 1. The van der Waals surface area contributed by atoms with Crippen molar-refractivity contribution < 1.29 is 13.4 Å². The zero-order chi connectivity index (χ0) is 17.8. The van der Waals surface area contributed by atoms with Crippen molar-refractivity contribution in [2.75, 3.05) is 16.8 Å². The summed E-state index contributed by atoms with van der Waals surface area (Å²) in [4.78, 5) is 25.0. The Balaban J connectivity index is 2.14. The van der Waals surface area contributed by atoms with E-state index in [1.54, 1.807) is 43.3 Å². The van der Waals surface area contributed by atoms with Crippen molar-refractivity contribution in [2.24, 2.45) is 0 Å². The van der Waals surface area contributed by atoms with Gasteiger partial charge in [0, 0.05) is 22.1 Å². The maximum atomic E-state index is 12.9. The summed E-state index contributed by atoms with van der Waals surface area (Å²) in [5.74, 6) is 0.0438. The Morgan fingerprint density at radius 2 is 1.76 bits per heavy atom. The second-order valence-electron chi connectivity index (χ2n) is 5.42. The number of hydrogen-bond acceptors (Lipinski definition) is 4. The highest BCUT2D eigenvalue weighted by molar-refractivity contribution is 7.85. The number of fused-ring (bicyclic) bond motifs is 1. The second-order valence-corrected chi connectivity index (χ2v) is 7.16. The van der Waals surface area contributed by atoms with Gasteiger partial charge in [0.15, 0.2) is 5.76 Å². The van der Waals surface area contributed by atoms with E-state index in [0.29, 0.717) is 28.0 Å². The van der Waals surface area contributed by atoms with Gasteiger partial charge in [0.05, 0.1) is 5.39 Å². The lowest BCUT2D eigenvalue weighted by Crippen LogP contribution is -2.24. The normalized spacial score (nSPS) is 12.0. The number of rotatable bonds is 5. The molecule has 5 nitrogen and oxygen atoms in total. The minimum absolute atomic E-state index is 0.0722. The van der Waals surface area contributed by atoms with Gasteiger partial charge in [-0.2, -0.15) is 0 Å². The molecule has 0 spiro atoms. The molecule has 0 fully saturated rings. The highest BCUT2D eigenvalue weighted by Gasteiger charge is 2.18. The summed E-state index contributed by atoms with van der Waals surface area (Å²) in [7, 11) is -1.26.